The number of hydrogen-bond donors (Lipinski definition) is 0. The van der Waals surface area contributed by atoms with Crippen molar-refractivity contribution >= 4 is 11.1 Å². The van der Waals surface area contributed by atoms with Gasteiger partial charge in [0.15, 0.2) is 5.79 Å². The lowest BCUT2D eigenvalue weighted by atomic mass is 9.92. The number of allylic oxidation sites excluding steroid dienone is 1. The fourth-order valence-corrected chi connectivity index (χ4v) is 3.03. The minimum absolute atomic E-state index is 0.360. The van der Waals surface area contributed by atoms with Crippen molar-refractivity contribution in [3.05, 3.63) is 35.9 Å². The molecule has 1 saturated heterocycles. The first-order valence-corrected chi connectivity index (χ1v) is 7.05. The average molecular weight is 271 g/mol. The molecule has 0 aromatic carbocycles. The third kappa shape index (κ3) is 1.85. The van der Waals surface area contributed by atoms with E-state index < -0.39 is 0 Å². The maximum atomic E-state index is 5.75. The third-order valence-corrected chi connectivity index (χ3v) is 4.09. The van der Waals surface area contributed by atoms with Crippen molar-refractivity contribution in [3.8, 4) is 0 Å². The highest BCUT2D eigenvalue weighted by molar-refractivity contribution is 5.68. The fraction of sp³-hybridized carbons (Fsp3) is 0.467. The van der Waals surface area contributed by atoms with Gasteiger partial charge in [0.2, 0.25) is 0 Å². The van der Waals surface area contributed by atoms with Crippen molar-refractivity contribution in [1.29, 1.82) is 0 Å². The SMILES string of the molecule is Cc1ncc2ccc(C3=CCC4(CC3)OCCO4)n2n1. The quantitative estimate of drug-likeness (QED) is 0.799. The van der Waals surface area contributed by atoms with Crippen LogP contribution >= 0.6 is 0 Å². The van der Waals surface area contributed by atoms with E-state index >= 15 is 0 Å². The summed E-state index contributed by atoms with van der Waals surface area (Å²) in [4.78, 5) is 4.23. The highest BCUT2D eigenvalue weighted by atomic mass is 16.7. The molecule has 0 N–H and O–H groups in total. The van der Waals surface area contributed by atoms with Crippen LogP contribution in [0.1, 0.15) is 30.8 Å². The minimum atomic E-state index is -0.360. The van der Waals surface area contributed by atoms with Crippen molar-refractivity contribution in [1.82, 2.24) is 14.6 Å². The molecule has 0 radical (unpaired) electrons. The molecule has 2 aromatic rings. The minimum Gasteiger partial charge on any atom is -0.347 e. The number of fused-ring (bicyclic) bond motifs is 1. The van der Waals surface area contributed by atoms with Crippen molar-refractivity contribution in [2.45, 2.75) is 32.0 Å². The molecule has 4 rings (SSSR count). The number of ether oxygens (including phenoxy) is 2. The Morgan fingerprint density at radius 1 is 1.25 bits per heavy atom. The van der Waals surface area contributed by atoms with E-state index in [0.29, 0.717) is 13.2 Å². The second-order valence-electron chi connectivity index (χ2n) is 5.40. The van der Waals surface area contributed by atoms with Gasteiger partial charge in [-0.15, -0.1) is 0 Å². The van der Waals surface area contributed by atoms with E-state index in [1.807, 2.05) is 17.6 Å². The van der Waals surface area contributed by atoms with Gasteiger partial charge in [-0.05, 0) is 31.1 Å². The molecule has 1 spiro atoms. The lowest BCUT2D eigenvalue weighted by Gasteiger charge is -2.30. The average Bonchev–Trinajstić information content (AvgIpc) is 3.07. The zero-order valence-electron chi connectivity index (χ0n) is 11.5. The molecule has 1 fully saturated rings. The summed E-state index contributed by atoms with van der Waals surface area (Å²) in [5.41, 5.74) is 3.49. The molecule has 104 valence electrons. The Hall–Kier alpha value is -1.72. The predicted molar refractivity (Wildman–Crippen MR) is 74.2 cm³/mol. The van der Waals surface area contributed by atoms with Crippen LogP contribution in [0.2, 0.25) is 0 Å². The van der Waals surface area contributed by atoms with E-state index in [0.717, 1.165) is 36.3 Å². The van der Waals surface area contributed by atoms with Gasteiger partial charge in [-0.3, -0.25) is 0 Å². The normalized spacial score (nSPS) is 21.6. The van der Waals surface area contributed by atoms with Crippen molar-refractivity contribution in [3.63, 3.8) is 0 Å². The molecule has 5 nitrogen and oxygen atoms in total. The van der Waals surface area contributed by atoms with Gasteiger partial charge in [-0.25, -0.2) is 9.50 Å². The number of aryl methyl sites for hydroxylation is 1. The molecule has 0 amide bonds. The lowest BCUT2D eigenvalue weighted by molar-refractivity contribution is -0.159. The molecule has 0 bridgehead atoms. The van der Waals surface area contributed by atoms with Gasteiger partial charge in [0, 0.05) is 12.8 Å². The fourth-order valence-electron chi connectivity index (χ4n) is 3.03. The summed E-state index contributed by atoms with van der Waals surface area (Å²) in [7, 11) is 0. The number of nitrogens with zero attached hydrogens (tertiary/aromatic N) is 3. The third-order valence-electron chi connectivity index (χ3n) is 4.09. The number of aromatic nitrogens is 3. The first kappa shape index (κ1) is 12.1. The van der Waals surface area contributed by atoms with Gasteiger partial charge in [-0.1, -0.05) is 6.08 Å². The zero-order chi connectivity index (χ0) is 13.6. The second kappa shape index (κ2) is 4.40. The Balaban J connectivity index is 1.70. The molecule has 3 heterocycles. The van der Waals surface area contributed by atoms with Crippen LogP contribution in [0.5, 0.6) is 0 Å². The molecule has 20 heavy (non-hydrogen) atoms. The Morgan fingerprint density at radius 3 is 2.85 bits per heavy atom. The topological polar surface area (TPSA) is 48.7 Å². The number of hydrogen-bond acceptors (Lipinski definition) is 4. The first-order valence-electron chi connectivity index (χ1n) is 7.05. The Bertz CT molecular complexity index is 683. The molecule has 0 saturated carbocycles. The monoisotopic (exact) mass is 271 g/mol. The van der Waals surface area contributed by atoms with Crippen molar-refractivity contribution in [2.24, 2.45) is 0 Å². The van der Waals surface area contributed by atoms with Gasteiger partial charge in [0.05, 0.1) is 30.6 Å². The molecular weight excluding hydrogens is 254 g/mol. The molecule has 1 aliphatic carbocycles. The summed E-state index contributed by atoms with van der Waals surface area (Å²) in [6.07, 6.45) is 6.78. The first-order chi connectivity index (χ1) is 9.76. The van der Waals surface area contributed by atoms with E-state index in [4.69, 9.17) is 9.47 Å². The molecule has 5 heteroatoms. The van der Waals surface area contributed by atoms with E-state index in [2.05, 4.69) is 28.3 Å². The second-order valence-corrected chi connectivity index (χ2v) is 5.40. The van der Waals surface area contributed by atoms with E-state index in [1.54, 1.807) is 0 Å². The highest BCUT2D eigenvalue weighted by Crippen LogP contribution is 2.38. The summed E-state index contributed by atoms with van der Waals surface area (Å²) >= 11 is 0. The van der Waals surface area contributed by atoms with Crippen LogP contribution in [-0.4, -0.2) is 33.6 Å². The van der Waals surface area contributed by atoms with Gasteiger partial charge in [0.25, 0.3) is 0 Å². The predicted octanol–water partition coefficient (Wildman–Crippen LogP) is 2.35. The van der Waals surface area contributed by atoms with Crippen LogP contribution in [0.25, 0.3) is 11.1 Å². The Kier molecular flexibility index (Phi) is 2.65. The molecule has 1 aliphatic heterocycles. The van der Waals surface area contributed by atoms with E-state index in [-0.39, 0.29) is 5.79 Å². The Labute approximate surface area is 117 Å². The highest BCUT2D eigenvalue weighted by Gasteiger charge is 2.37. The summed E-state index contributed by atoms with van der Waals surface area (Å²) in [6, 6.07) is 4.17. The van der Waals surface area contributed by atoms with Gasteiger partial charge >= 0.3 is 0 Å². The molecule has 2 aliphatic rings. The van der Waals surface area contributed by atoms with Crippen molar-refractivity contribution in [2.75, 3.05) is 13.2 Å². The van der Waals surface area contributed by atoms with Crippen LogP contribution in [-0.2, 0) is 9.47 Å². The van der Waals surface area contributed by atoms with E-state index in [1.165, 1.54) is 5.57 Å². The van der Waals surface area contributed by atoms with E-state index in [9.17, 15) is 0 Å². The maximum absolute atomic E-state index is 5.75. The summed E-state index contributed by atoms with van der Waals surface area (Å²) < 4.78 is 13.5. The Morgan fingerprint density at radius 2 is 2.10 bits per heavy atom. The molecule has 2 aromatic heterocycles. The molecule has 0 atom stereocenters. The molecule has 0 unspecified atom stereocenters. The summed E-state index contributed by atoms with van der Waals surface area (Å²) in [5.74, 6) is 0.423. The van der Waals surface area contributed by atoms with Crippen molar-refractivity contribution < 1.29 is 9.47 Å². The standard InChI is InChI=1S/C15H17N3O2/c1-11-16-10-13-2-3-14(18(13)17-11)12-4-6-15(7-5-12)19-8-9-20-15/h2-4,10H,5-9H2,1H3. The summed E-state index contributed by atoms with van der Waals surface area (Å²) in [6.45, 7) is 3.33. The lowest BCUT2D eigenvalue weighted by Crippen LogP contribution is -2.31. The van der Waals surface area contributed by atoms with Gasteiger partial charge in [0.1, 0.15) is 5.82 Å². The van der Waals surface area contributed by atoms with Crippen LogP contribution < -0.4 is 0 Å². The largest absolute Gasteiger partial charge is 0.347 e. The summed E-state index contributed by atoms with van der Waals surface area (Å²) in [5, 5.41) is 4.50. The van der Waals surface area contributed by atoms with Crippen LogP contribution in [0.4, 0.5) is 0 Å². The maximum Gasteiger partial charge on any atom is 0.172 e. The zero-order valence-corrected chi connectivity index (χ0v) is 11.5. The van der Waals surface area contributed by atoms with Crippen LogP contribution in [0.15, 0.2) is 24.4 Å². The van der Waals surface area contributed by atoms with Gasteiger partial charge < -0.3 is 9.47 Å². The van der Waals surface area contributed by atoms with Gasteiger partial charge in [-0.2, -0.15) is 5.10 Å². The number of rotatable bonds is 1. The van der Waals surface area contributed by atoms with Crippen LogP contribution in [0.3, 0.4) is 0 Å². The van der Waals surface area contributed by atoms with Crippen LogP contribution in [0, 0.1) is 6.92 Å². The molecular formula is C15H17N3O2. The smallest absolute Gasteiger partial charge is 0.172 e.